The van der Waals surface area contributed by atoms with Gasteiger partial charge in [-0.3, -0.25) is 4.99 Å². The highest BCUT2D eigenvalue weighted by Crippen LogP contribution is 2.30. The molecule has 0 heterocycles. The summed E-state index contributed by atoms with van der Waals surface area (Å²) in [6, 6.07) is 10.1. The first-order valence-corrected chi connectivity index (χ1v) is 10.6. The van der Waals surface area contributed by atoms with Crippen molar-refractivity contribution in [2.45, 2.75) is 32.4 Å². The van der Waals surface area contributed by atoms with Gasteiger partial charge in [0.1, 0.15) is 11.3 Å². The van der Waals surface area contributed by atoms with Crippen molar-refractivity contribution in [3.63, 3.8) is 0 Å². The van der Waals surface area contributed by atoms with Crippen molar-refractivity contribution in [1.82, 2.24) is 10.6 Å². The summed E-state index contributed by atoms with van der Waals surface area (Å²) >= 11 is 0. The van der Waals surface area contributed by atoms with E-state index in [0.717, 1.165) is 24.0 Å². The van der Waals surface area contributed by atoms with Crippen molar-refractivity contribution in [3.8, 4) is 11.5 Å². The Hall–Kier alpha value is -3.29. The van der Waals surface area contributed by atoms with Crippen LogP contribution in [0, 0.1) is 11.7 Å². The summed E-state index contributed by atoms with van der Waals surface area (Å²) in [6.07, 6.45) is 2.32. The molecule has 1 saturated carbocycles. The summed E-state index contributed by atoms with van der Waals surface area (Å²) in [5, 5.41) is 6.47. The van der Waals surface area contributed by atoms with Crippen LogP contribution >= 0.6 is 0 Å². The van der Waals surface area contributed by atoms with E-state index in [2.05, 4.69) is 15.6 Å². The summed E-state index contributed by atoms with van der Waals surface area (Å²) in [5.41, 5.74) is 2.04. The van der Waals surface area contributed by atoms with Crippen molar-refractivity contribution in [2.24, 2.45) is 10.9 Å². The molecule has 1 aliphatic carbocycles. The number of carbonyl (C=O) groups excluding carboxylic acids is 1. The highest BCUT2D eigenvalue weighted by Gasteiger charge is 2.22. The van der Waals surface area contributed by atoms with E-state index in [4.69, 9.17) is 14.2 Å². The molecule has 7 nitrogen and oxygen atoms in total. The van der Waals surface area contributed by atoms with Gasteiger partial charge in [0.2, 0.25) is 0 Å². The molecule has 172 valence electrons. The van der Waals surface area contributed by atoms with E-state index in [1.54, 1.807) is 25.2 Å². The Labute approximate surface area is 188 Å². The monoisotopic (exact) mass is 443 g/mol. The second-order valence-corrected chi connectivity index (χ2v) is 7.76. The SMILES string of the molecule is CN=C(NCc1ccc(C(=O)OC)c(OC)c1)NC(C)c1ccc(OCC2CC2)c(F)c1. The summed E-state index contributed by atoms with van der Waals surface area (Å²) in [6.45, 7) is 2.96. The van der Waals surface area contributed by atoms with E-state index in [9.17, 15) is 9.18 Å². The topological polar surface area (TPSA) is 81.2 Å². The fourth-order valence-electron chi connectivity index (χ4n) is 3.19. The number of guanidine groups is 1. The molecule has 0 amide bonds. The maximum absolute atomic E-state index is 14.4. The highest BCUT2D eigenvalue weighted by atomic mass is 19.1. The van der Waals surface area contributed by atoms with Crippen molar-refractivity contribution in [3.05, 3.63) is 58.9 Å². The minimum atomic E-state index is -0.455. The Balaban J connectivity index is 1.58. The average Bonchev–Trinajstić information content (AvgIpc) is 3.64. The molecule has 1 unspecified atom stereocenters. The van der Waals surface area contributed by atoms with Crippen molar-refractivity contribution < 1.29 is 23.4 Å². The Morgan fingerprint density at radius 1 is 1.19 bits per heavy atom. The van der Waals surface area contributed by atoms with Crippen LogP contribution in [0.1, 0.15) is 47.3 Å². The number of aliphatic imine (C=N–C) groups is 1. The Morgan fingerprint density at radius 3 is 2.59 bits per heavy atom. The smallest absolute Gasteiger partial charge is 0.341 e. The van der Waals surface area contributed by atoms with Gasteiger partial charge < -0.3 is 24.8 Å². The Kier molecular flexibility index (Phi) is 7.92. The van der Waals surface area contributed by atoms with Gasteiger partial charge in [-0.15, -0.1) is 0 Å². The van der Waals surface area contributed by atoms with Crippen LogP contribution in [-0.2, 0) is 11.3 Å². The van der Waals surface area contributed by atoms with E-state index < -0.39 is 5.97 Å². The molecule has 0 saturated heterocycles. The van der Waals surface area contributed by atoms with Crippen LogP contribution in [0.15, 0.2) is 41.4 Å². The Morgan fingerprint density at radius 2 is 1.97 bits per heavy atom. The molecule has 2 aromatic carbocycles. The number of hydrogen-bond donors (Lipinski definition) is 2. The molecule has 1 fully saturated rings. The zero-order valence-corrected chi connectivity index (χ0v) is 18.9. The van der Waals surface area contributed by atoms with Crippen LogP contribution in [0.2, 0.25) is 0 Å². The Bertz CT molecular complexity index is 976. The minimum Gasteiger partial charge on any atom is -0.496 e. The molecule has 3 rings (SSSR count). The lowest BCUT2D eigenvalue weighted by atomic mass is 10.1. The average molecular weight is 444 g/mol. The minimum absolute atomic E-state index is 0.176. The number of ether oxygens (including phenoxy) is 3. The number of nitrogens with one attached hydrogen (secondary N) is 2. The predicted molar refractivity (Wildman–Crippen MR) is 121 cm³/mol. The molecule has 0 radical (unpaired) electrons. The van der Waals surface area contributed by atoms with Gasteiger partial charge in [-0.05, 0) is 61.1 Å². The molecule has 0 aliphatic heterocycles. The molecule has 0 spiro atoms. The van der Waals surface area contributed by atoms with Crippen molar-refractivity contribution >= 4 is 11.9 Å². The predicted octanol–water partition coefficient (Wildman–Crippen LogP) is 3.84. The van der Waals surface area contributed by atoms with E-state index in [-0.39, 0.29) is 11.9 Å². The van der Waals surface area contributed by atoms with Crippen LogP contribution in [0.3, 0.4) is 0 Å². The number of methoxy groups -OCH3 is 2. The van der Waals surface area contributed by atoms with Gasteiger partial charge in [-0.25, -0.2) is 9.18 Å². The standard InChI is InChI=1S/C24H30FN3O4/c1-15(18-8-10-21(20(25)12-18)32-14-16-5-6-16)28-24(26-2)27-13-17-7-9-19(23(29)31-4)22(11-17)30-3/h7-12,15-16H,5-6,13-14H2,1-4H3,(H2,26,27,28). The lowest BCUT2D eigenvalue weighted by Gasteiger charge is -2.19. The maximum atomic E-state index is 14.4. The largest absolute Gasteiger partial charge is 0.496 e. The quantitative estimate of drug-likeness (QED) is 0.348. The van der Waals surface area contributed by atoms with Crippen LogP contribution in [-0.4, -0.2) is 39.8 Å². The second kappa shape index (κ2) is 10.8. The number of esters is 1. The van der Waals surface area contributed by atoms with E-state index in [1.165, 1.54) is 20.3 Å². The number of halogens is 1. The highest BCUT2D eigenvalue weighted by molar-refractivity contribution is 5.92. The first kappa shape index (κ1) is 23.4. The molecule has 2 N–H and O–H groups in total. The molecule has 1 atom stereocenters. The van der Waals surface area contributed by atoms with Gasteiger partial charge in [0, 0.05) is 13.6 Å². The van der Waals surface area contributed by atoms with E-state index >= 15 is 0 Å². The van der Waals surface area contributed by atoms with Crippen LogP contribution in [0.5, 0.6) is 11.5 Å². The molecular formula is C24H30FN3O4. The summed E-state index contributed by atoms with van der Waals surface area (Å²) in [7, 11) is 4.50. The zero-order chi connectivity index (χ0) is 23.1. The number of hydrogen-bond acceptors (Lipinski definition) is 5. The van der Waals surface area contributed by atoms with Gasteiger partial charge in [-0.2, -0.15) is 0 Å². The third-order valence-corrected chi connectivity index (χ3v) is 5.34. The normalized spacial score (nSPS) is 14.5. The summed E-state index contributed by atoms with van der Waals surface area (Å²) < 4.78 is 30.0. The molecule has 1 aliphatic rings. The number of rotatable bonds is 9. The van der Waals surface area contributed by atoms with Crippen LogP contribution in [0.25, 0.3) is 0 Å². The fourth-order valence-corrected chi connectivity index (χ4v) is 3.19. The molecule has 0 aromatic heterocycles. The molecule has 8 heteroatoms. The van der Waals surface area contributed by atoms with E-state index in [1.807, 2.05) is 19.1 Å². The summed E-state index contributed by atoms with van der Waals surface area (Å²) in [4.78, 5) is 16.0. The lowest BCUT2D eigenvalue weighted by Crippen LogP contribution is -2.38. The fraction of sp³-hybridized carbons (Fsp3) is 0.417. The van der Waals surface area contributed by atoms with Gasteiger partial charge in [0.05, 0.1) is 26.9 Å². The lowest BCUT2D eigenvalue weighted by molar-refractivity contribution is 0.0597. The van der Waals surface area contributed by atoms with Crippen molar-refractivity contribution in [1.29, 1.82) is 0 Å². The van der Waals surface area contributed by atoms with Crippen LogP contribution in [0.4, 0.5) is 4.39 Å². The zero-order valence-electron chi connectivity index (χ0n) is 18.9. The molecule has 0 bridgehead atoms. The summed E-state index contributed by atoms with van der Waals surface area (Å²) in [5.74, 6) is 1.04. The number of nitrogens with zero attached hydrogens (tertiary/aromatic N) is 1. The molecule has 32 heavy (non-hydrogen) atoms. The second-order valence-electron chi connectivity index (χ2n) is 7.76. The number of carbonyl (C=O) groups is 1. The van der Waals surface area contributed by atoms with Gasteiger partial charge in [0.15, 0.2) is 17.5 Å². The first-order chi connectivity index (χ1) is 15.4. The van der Waals surface area contributed by atoms with Gasteiger partial charge >= 0.3 is 5.97 Å². The van der Waals surface area contributed by atoms with Crippen LogP contribution < -0.4 is 20.1 Å². The van der Waals surface area contributed by atoms with Crippen molar-refractivity contribution in [2.75, 3.05) is 27.9 Å². The van der Waals surface area contributed by atoms with Gasteiger partial charge in [-0.1, -0.05) is 12.1 Å². The third kappa shape index (κ3) is 6.12. The maximum Gasteiger partial charge on any atom is 0.341 e. The third-order valence-electron chi connectivity index (χ3n) is 5.34. The molecular weight excluding hydrogens is 413 g/mol. The van der Waals surface area contributed by atoms with E-state index in [0.29, 0.717) is 42.1 Å². The number of benzene rings is 2. The van der Waals surface area contributed by atoms with Gasteiger partial charge in [0.25, 0.3) is 0 Å². The first-order valence-electron chi connectivity index (χ1n) is 10.6. The molecule has 2 aromatic rings.